The normalized spacial score (nSPS) is 12.8. The minimum Gasteiger partial charge on any atom is -0.307 e. The average Bonchev–Trinajstić information content (AvgIpc) is 3.19. The maximum atomic E-state index is 2.57. The number of hydrogen-bond acceptors (Lipinski definition) is 1. The lowest BCUT2D eigenvalue weighted by Gasteiger charge is -2.32. The van der Waals surface area contributed by atoms with E-state index in [0.29, 0.717) is 17.8 Å². The fourth-order valence-electron chi connectivity index (χ4n) is 14.1. The van der Waals surface area contributed by atoms with Crippen molar-refractivity contribution in [2.45, 2.75) is 69.1 Å². The van der Waals surface area contributed by atoms with Gasteiger partial charge in [-0.1, -0.05) is 227 Å². The summed E-state index contributed by atoms with van der Waals surface area (Å²) in [6, 6.07) is 87.1. The van der Waals surface area contributed by atoms with Crippen molar-refractivity contribution < 1.29 is 0 Å². The summed E-state index contributed by atoms with van der Waals surface area (Å²) < 4.78 is 10.1. The van der Waals surface area contributed by atoms with Crippen LogP contribution in [0.5, 0.6) is 0 Å². The number of rotatable bonds is 8. The largest absolute Gasteiger partial charge is 0.307 e. The summed E-state index contributed by atoms with van der Waals surface area (Å²) in [6.45, 7) is 14.3. The van der Waals surface area contributed by atoms with Gasteiger partial charge in [-0.2, -0.15) is 0 Å². The average molecular weight is 1060 g/mol. The molecule has 0 saturated carbocycles. The third-order valence-corrected chi connectivity index (χ3v) is 18.9. The van der Waals surface area contributed by atoms with Gasteiger partial charge in [-0.15, -0.1) is 0 Å². The second-order valence-electron chi connectivity index (χ2n) is 23.4. The smallest absolute Gasteiger partial charge is 0.244 e. The van der Waals surface area contributed by atoms with Gasteiger partial charge in [0.15, 0.2) is 0 Å². The van der Waals surface area contributed by atoms with Gasteiger partial charge in [0, 0.05) is 75.6 Å². The molecular formula is C75H59BN4S. The van der Waals surface area contributed by atoms with Gasteiger partial charge in [0.05, 0.1) is 44.1 Å². The second-order valence-corrected chi connectivity index (χ2v) is 24.4. The van der Waals surface area contributed by atoms with Crippen LogP contribution in [0.1, 0.15) is 76.0 Å². The Kier molecular flexibility index (Phi) is 10.8. The first-order valence-electron chi connectivity index (χ1n) is 28.9. The number of para-hydroxylation sites is 6. The van der Waals surface area contributed by atoms with E-state index in [1.54, 1.807) is 0 Å². The Labute approximate surface area is 476 Å². The number of hydrogen-bond donors (Lipinski definition) is 0. The van der Waals surface area contributed by atoms with Crippen LogP contribution in [-0.2, 0) is 0 Å². The number of benzene rings is 11. The third-order valence-electron chi connectivity index (χ3n) is 17.8. The third kappa shape index (κ3) is 7.06. The molecule has 0 spiro atoms. The first-order valence-corrected chi connectivity index (χ1v) is 29.7. The SMILES string of the molecule is CC(C)c1cc(C(C)C)c(B2c3ccc(-n4c5ccccc5c5ccc6c7ccccc7n(-c7ccccc7)c6c54)cc3Sc3cc(-n4c5ccccc5c5ccc6c7ccccc7n(-c7ccccc7)c6c54)ccc32)c(C(C)C)c1. The maximum absolute atomic E-state index is 2.57. The number of nitrogens with zero attached hydrogens (tertiary/aromatic N) is 4. The Bertz CT molecular complexity index is 4760. The molecule has 0 aliphatic carbocycles. The lowest BCUT2D eigenvalue weighted by atomic mass is 9.34. The Morgan fingerprint density at radius 1 is 0.296 bits per heavy atom. The molecule has 16 rings (SSSR count). The number of fused-ring (bicyclic) bond motifs is 16. The van der Waals surface area contributed by atoms with Crippen molar-refractivity contribution in [1.82, 2.24) is 18.3 Å². The van der Waals surface area contributed by atoms with E-state index in [2.05, 4.69) is 290 Å². The summed E-state index contributed by atoms with van der Waals surface area (Å²) in [5.74, 6) is 1.06. The zero-order valence-electron chi connectivity index (χ0n) is 46.4. The van der Waals surface area contributed by atoms with Crippen molar-refractivity contribution in [1.29, 1.82) is 0 Å². The molecule has 81 heavy (non-hydrogen) atoms. The van der Waals surface area contributed by atoms with Crippen LogP contribution in [-0.4, -0.2) is 25.0 Å². The monoisotopic (exact) mass is 1060 g/mol. The van der Waals surface area contributed by atoms with Crippen molar-refractivity contribution in [3.8, 4) is 22.7 Å². The summed E-state index contributed by atoms with van der Waals surface area (Å²) >= 11 is 1.94. The van der Waals surface area contributed by atoms with Gasteiger partial charge in [0.2, 0.25) is 6.71 Å². The molecule has 15 aromatic rings. The highest BCUT2D eigenvalue weighted by Gasteiger charge is 2.37. The Hall–Kier alpha value is -8.97. The molecule has 1 aliphatic heterocycles. The summed E-state index contributed by atoms with van der Waals surface area (Å²) in [4.78, 5) is 2.57. The fourth-order valence-corrected chi connectivity index (χ4v) is 15.4. The molecule has 6 heteroatoms. The molecule has 1 aliphatic rings. The molecule has 0 atom stereocenters. The summed E-state index contributed by atoms with van der Waals surface area (Å²) in [6.07, 6.45) is 0. The Morgan fingerprint density at radius 3 is 0.951 bits per heavy atom. The molecule has 388 valence electrons. The second kappa shape index (κ2) is 18.3. The quantitative estimate of drug-likeness (QED) is 0.139. The van der Waals surface area contributed by atoms with Crippen LogP contribution in [0, 0.1) is 0 Å². The van der Waals surface area contributed by atoms with E-state index in [0.717, 1.165) is 22.7 Å². The van der Waals surface area contributed by atoms with Gasteiger partial charge in [-0.3, -0.25) is 0 Å². The Balaban J connectivity index is 0.986. The first kappa shape index (κ1) is 48.0. The minimum atomic E-state index is 0.00583. The lowest BCUT2D eigenvalue weighted by Crippen LogP contribution is -2.57. The molecule has 0 amide bonds. The molecule has 0 unspecified atom stereocenters. The van der Waals surface area contributed by atoms with Crippen molar-refractivity contribution >= 4 is 122 Å². The fraction of sp³-hybridized carbons (Fsp3) is 0.120. The van der Waals surface area contributed by atoms with Crippen LogP contribution in [0.3, 0.4) is 0 Å². The first-order chi connectivity index (χ1) is 39.7. The molecule has 0 N–H and O–H groups in total. The highest BCUT2D eigenvalue weighted by molar-refractivity contribution is 8.00. The van der Waals surface area contributed by atoms with E-state index in [4.69, 9.17) is 0 Å². The van der Waals surface area contributed by atoms with Crippen LogP contribution < -0.4 is 16.4 Å². The summed E-state index contributed by atoms with van der Waals surface area (Å²) in [5.41, 5.74) is 22.8. The van der Waals surface area contributed by atoms with E-state index in [-0.39, 0.29) is 6.71 Å². The highest BCUT2D eigenvalue weighted by atomic mass is 32.2. The highest BCUT2D eigenvalue weighted by Crippen LogP contribution is 2.45. The lowest BCUT2D eigenvalue weighted by molar-refractivity contribution is 0.812. The Morgan fingerprint density at radius 2 is 0.617 bits per heavy atom. The van der Waals surface area contributed by atoms with E-state index in [9.17, 15) is 0 Å². The molecule has 0 radical (unpaired) electrons. The van der Waals surface area contributed by atoms with E-state index in [1.165, 1.54) is 130 Å². The van der Waals surface area contributed by atoms with Crippen molar-refractivity contribution in [2.75, 3.05) is 0 Å². The van der Waals surface area contributed by atoms with Gasteiger partial charge >= 0.3 is 0 Å². The van der Waals surface area contributed by atoms with E-state index < -0.39 is 0 Å². The standard InChI is InChI=1S/C75H59BN4S/c1-45(2)48-41-61(46(3)4)71(62(42-48)47(5)6)76-63-39-33-51(79-67-31-19-15-27-55(67)59-37-35-57-53-25-13-17-29-65(53)77(72(57)74(59)79)49-21-9-7-10-22-49)43-69(63)81-70-44-52(34-40-64(70)76)80-68-32-20-16-28-56(68)60-38-36-58-54-26-14-18-30-66(54)78(73(58)75(60)80)50-23-11-8-12-24-50/h7-47H,1-6H3. The molecule has 0 bridgehead atoms. The zero-order valence-corrected chi connectivity index (χ0v) is 47.3. The maximum Gasteiger partial charge on any atom is 0.244 e. The van der Waals surface area contributed by atoms with Gasteiger partial charge in [-0.05, 0) is 107 Å². The van der Waals surface area contributed by atoms with Crippen molar-refractivity contribution in [3.05, 3.63) is 247 Å². The van der Waals surface area contributed by atoms with Crippen LogP contribution in [0.25, 0.3) is 110 Å². The molecule has 4 nitrogen and oxygen atoms in total. The molecular weight excluding hydrogens is 1000 g/mol. The predicted octanol–water partition coefficient (Wildman–Crippen LogP) is 18.4. The van der Waals surface area contributed by atoms with Crippen LogP contribution in [0.15, 0.2) is 240 Å². The van der Waals surface area contributed by atoms with Crippen molar-refractivity contribution in [3.63, 3.8) is 0 Å². The zero-order chi connectivity index (χ0) is 54.4. The van der Waals surface area contributed by atoms with Gasteiger partial charge < -0.3 is 18.3 Å². The predicted molar refractivity (Wildman–Crippen MR) is 348 cm³/mol. The molecule has 0 saturated heterocycles. The molecule has 11 aromatic carbocycles. The van der Waals surface area contributed by atoms with Crippen LogP contribution in [0.4, 0.5) is 0 Å². The summed E-state index contributed by atoms with van der Waals surface area (Å²) in [5, 5.41) is 9.99. The van der Waals surface area contributed by atoms with Crippen molar-refractivity contribution in [2.24, 2.45) is 0 Å². The molecule has 0 fully saturated rings. The minimum absolute atomic E-state index is 0.00583. The number of aromatic nitrogens is 4. The van der Waals surface area contributed by atoms with Crippen LogP contribution >= 0.6 is 11.8 Å². The van der Waals surface area contributed by atoms with Crippen LogP contribution in [0.2, 0.25) is 0 Å². The van der Waals surface area contributed by atoms with E-state index in [1.807, 2.05) is 11.8 Å². The molecule has 4 aromatic heterocycles. The molecule has 5 heterocycles. The topological polar surface area (TPSA) is 19.7 Å². The van der Waals surface area contributed by atoms with Gasteiger partial charge in [0.25, 0.3) is 0 Å². The van der Waals surface area contributed by atoms with Gasteiger partial charge in [-0.25, -0.2) is 0 Å². The summed E-state index contributed by atoms with van der Waals surface area (Å²) in [7, 11) is 0. The van der Waals surface area contributed by atoms with Gasteiger partial charge in [0.1, 0.15) is 0 Å². The van der Waals surface area contributed by atoms with E-state index >= 15 is 0 Å².